The van der Waals surface area contributed by atoms with Crippen LogP contribution in [0, 0.1) is 0 Å². The van der Waals surface area contributed by atoms with Crippen LogP contribution in [0.3, 0.4) is 0 Å². The summed E-state index contributed by atoms with van der Waals surface area (Å²) in [4.78, 5) is 11.3. The molecule has 1 aromatic rings. The first-order chi connectivity index (χ1) is 8.46. The molecule has 0 saturated heterocycles. The molecule has 0 saturated carbocycles. The smallest absolute Gasteiger partial charge is 0.337 e. The highest BCUT2D eigenvalue weighted by molar-refractivity contribution is 5.83. The Morgan fingerprint density at radius 3 is 2.50 bits per heavy atom. The first-order valence-corrected chi connectivity index (χ1v) is 5.82. The normalized spacial score (nSPS) is 19.5. The van der Waals surface area contributed by atoms with Gasteiger partial charge in [0.25, 0.3) is 0 Å². The molecule has 1 aromatic carbocycles. The van der Waals surface area contributed by atoms with Crippen LogP contribution in [0.25, 0.3) is 0 Å². The monoisotopic (exact) mass is 248 g/mol. The van der Waals surface area contributed by atoms with Crippen LogP contribution in [0.2, 0.25) is 0 Å². The zero-order chi connectivity index (χ0) is 13.2. The minimum absolute atomic E-state index is 0.253. The lowest BCUT2D eigenvalue weighted by molar-refractivity contribution is -0.206. The number of carbonyl (C=O) groups is 1. The molecule has 0 spiro atoms. The summed E-state index contributed by atoms with van der Waals surface area (Å²) in [5.74, 6) is -0.980. The minimum atomic E-state index is -0.975. The van der Waals surface area contributed by atoms with Gasteiger partial charge in [0.15, 0.2) is 0 Å². The molecule has 0 bridgehead atoms. The Morgan fingerprint density at radius 1 is 1.22 bits per heavy atom. The Balaban J connectivity index is 2.08. The van der Waals surface area contributed by atoms with Gasteiger partial charge in [-0.15, -0.1) is 0 Å². The average Bonchev–Trinajstić information content (AvgIpc) is 2.27. The van der Waals surface area contributed by atoms with Gasteiger partial charge in [0.2, 0.25) is 5.79 Å². The quantitative estimate of drug-likeness (QED) is 0.834. The van der Waals surface area contributed by atoms with Crippen molar-refractivity contribution in [3.05, 3.63) is 47.7 Å². The van der Waals surface area contributed by atoms with E-state index in [9.17, 15) is 9.90 Å². The lowest BCUT2D eigenvalue weighted by Gasteiger charge is -2.31. The number of hydrogen-bond acceptors (Lipinski definition) is 4. The molecular weight excluding hydrogens is 232 g/mol. The van der Waals surface area contributed by atoms with E-state index < -0.39 is 17.9 Å². The average molecular weight is 248 g/mol. The summed E-state index contributed by atoms with van der Waals surface area (Å²) in [6.45, 7) is 3.32. The van der Waals surface area contributed by atoms with E-state index in [-0.39, 0.29) is 6.42 Å². The molecule has 0 fully saturated rings. The van der Waals surface area contributed by atoms with Gasteiger partial charge in [-0.05, 0) is 5.56 Å². The third kappa shape index (κ3) is 3.11. The maximum absolute atomic E-state index is 11.3. The second-order valence-electron chi connectivity index (χ2n) is 4.66. The summed E-state index contributed by atoms with van der Waals surface area (Å²) >= 11 is 0. The molecule has 1 atom stereocenters. The number of aliphatic hydroxyl groups excluding tert-OH is 1. The molecular formula is C14H16O4. The van der Waals surface area contributed by atoms with Crippen LogP contribution in [0.5, 0.6) is 0 Å². The lowest BCUT2D eigenvalue weighted by Crippen LogP contribution is -2.34. The number of hydrogen-bond donors (Lipinski definition) is 1. The van der Waals surface area contributed by atoms with Crippen molar-refractivity contribution in [2.45, 2.75) is 32.2 Å². The number of esters is 1. The Hall–Kier alpha value is -1.81. The van der Waals surface area contributed by atoms with Gasteiger partial charge in [0.05, 0.1) is 12.2 Å². The van der Waals surface area contributed by atoms with Crippen LogP contribution in [0.4, 0.5) is 0 Å². The number of ether oxygens (including phenoxy) is 2. The molecule has 4 nitrogen and oxygen atoms in total. The SMILES string of the molecule is CC1(C)OC(=O)C=C(CC(O)c2ccccc2)O1. The molecule has 0 amide bonds. The maximum Gasteiger partial charge on any atom is 0.337 e. The first-order valence-electron chi connectivity index (χ1n) is 5.82. The second kappa shape index (κ2) is 4.82. The number of cyclic esters (lactones) is 1. The van der Waals surface area contributed by atoms with E-state index in [1.54, 1.807) is 13.8 Å². The Bertz CT molecular complexity index is 462. The number of rotatable bonds is 3. The van der Waals surface area contributed by atoms with Crippen molar-refractivity contribution in [1.82, 2.24) is 0 Å². The number of aliphatic hydroxyl groups is 1. The van der Waals surface area contributed by atoms with Gasteiger partial charge in [-0.2, -0.15) is 0 Å². The summed E-state index contributed by atoms with van der Waals surface area (Å²) in [6.07, 6.45) is 0.832. The number of carbonyl (C=O) groups excluding carboxylic acids is 1. The third-order valence-electron chi connectivity index (χ3n) is 2.58. The van der Waals surface area contributed by atoms with Crippen LogP contribution >= 0.6 is 0 Å². The molecule has 0 aromatic heterocycles. The summed E-state index contributed by atoms with van der Waals surface area (Å²) < 4.78 is 10.5. The van der Waals surface area contributed by atoms with Gasteiger partial charge in [-0.25, -0.2) is 4.79 Å². The van der Waals surface area contributed by atoms with Crippen molar-refractivity contribution in [1.29, 1.82) is 0 Å². The predicted molar refractivity (Wildman–Crippen MR) is 65.4 cm³/mol. The van der Waals surface area contributed by atoms with Crippen molar-refractivity contribution < 1.29 is 19.4 Å². The fourth-order valence-corrected chi connectivity index (χ4v) is 1.85. The van der Waals surface area contributed by atoms with E-state index in [4.69, 9.17) is 9.47 Å². The molecule has 96 valence electrons. The highest BCUT2D eigenvalue weighted by Crippen LogP contribution is 2.28. The fourth-order valence-electron chi connectivity index (χ4n) is 1.85. The minimum Gasteiger partial charge on any atom is -0.457 e. The number of benzene rings is 1. The molecule has 18 heavy (non-hydrogen) atoms. The van der Waals surface area contributed by atoms with E-state index in [0.717, 1.165) is 5.56 Å². The molecule has 1 unspecified atom stereocenters. The highest BCUT2D eigenvalue weighted by Gasteiger charge is 2.30. The topological polar surface area (TPSA) is 55.8 Å². The van der Waals surface area contributed by atoms with E-state index in [0.29, 0.717) is 5.76 Å². The molecule has 1 heterocycles. The Labute approximate surface area is 106 Å². The second-order valence-corrected chi connectivity index (χ2v) is 4.66. The maximum atomic E-state index is 11.3. The van der Waals surface area contributed by atoms with Crippen molar-refractivity contribution in [3.63, 3.8) is 0 Å². The summed E-state index contributed by atoms with van der Waals surface area (Å²) in [7, 11) is 0. The summed E-state index contributed by atoms with van der Waals surface area (Å²) in [5.41, 5.74) is 0.791. The largest absolute Gasteiger partial charge is 0.457 e. The van der Waals surface area contributed by atoms with E-state index in [1.165, 1.54) is 6.08 Å². The Morgan fingerprint density at radius 2 is 1.89 bits per heavy atom. The van der Waals surface area contributed by atoms with Gasteiger partial charge in [0, 0.05) is 20.3 Å². The van der Waals surface area contributed by atoms with E-state index in [2.05, 4.69) is 0 Å². The third-order valence-corrected chi connectivity index (χ3v) is 2.58. The van der Waals surface area contributed by atoms with Crippen molar-refractivity contribution in [2.75, 3.05) is 0 Å². The van der Waals surface area contributed by atoms with Crippen LogP contribution in [0.15, 0.2) is 42.2 Å². The zero-order valence-corrected chi connectivity index (χ0v) is 10.4. The first kappa shape index (κ1) is 12.6. The van der Waals surface area contributed by atoms with Crippen LogP contribution in [-0.2, 0) is 14.3 Å². The van der Waals surface area contributed by atoms with E-state index >= 15 is 0 Å². The highest BCUT2D eigenvalue weighted by atomic mass is 16.7. The molecule has 1 N–H and O–H groups in total. The fraction of sp³-hybridized carbons (Fsp3) is 0.357. The molecule has 1 aliphatic rings. The van der Waals surface area contributed by atoms with Crippen molar-refractivity contribution >= 4 is 5.97 Å². The van der Waals surface area contributed by atoms with Crippen LogP contribution in [0.1, 0.15) is 31.9 Å². The van der Waals surface area contributed by atoms with Gasteiger partial charge in [0.1, 0.15) is 5.76 Å². The van der Waals surface area contributed by atoms with Gasteiger partial charge >= 0.3 is 5.97 Å². The summed E-state index contributed by atoms with van der Waals surface area (Å²) in [6, 6.07) is 9.25. The van der Waals surface area contributed by atoms with Crippen LogP contribution < -0.4 is 0 Å². The van der Waals surface area contributed by atoms with Gasteiger partial charge in [-0.1, -0.05) is 30.3 Å². The van der Waals surface area contributed by atoms with Gasteiger partial charge < -0.3 is 14.6 Å². The molecule has 1 aliphatic heterocycles. The molecule has 0 radical (unpaired) electrons. The molecule has 4 heteroatoms. The van der Waals surface area contributed by atoms with Crippen molar-refractivity contribution in [2.24, 2.45) is 0 Å². The van der Waals surface area contributed by atoms with Crippen LogP contribution in [-0.4, -0.2) is 16.9 Å². The summed E-state index contributed by atoms with van der Waals surface area (Å²) in [5, 5.41) is 10.1. The Kier molecular flexibility index (Phi) is 3.39. The molecule has 0 aliphatic carbocycles. The van der Waals surface area contributed by atoms with E-state index in [1.807, 2.05) is 30.3 Å². The van der Waals surface area contributed by atoms with Gasteiger partial charge in [-0.3, -0.25) is 0 Å². The molecule has 2 rings (SSSR count). The standard InChI is InChI=1S/C14H16O4/c1-14(2)17-11(9-13(16)18-14)8-12(15)10-6-4-3-5-7-10/h3-7,9,12,15H,8H2,1-2H3. The lowest BCUT2D eigenvalue weighted by atomic mass is 10.1. The zero-order valence-electron chi connectivity index (χ0n) is 10.4. The predicted octanol–water partition coefficient (Wildman–Crippen LogP) is 2.30. The van der Waals surface area contributed by atoms with Crippen molar-refractivity contribution in [3.8, 4) is 0 Å².